The molecule has 0 saturated carbocycles. The molecule has 0 atom stereocenters. The van der Waals surface area contributed by atoms with E-state index in [0.29, 0.717) is 0 Å². The van der Waals surface area contributed by atoms with Gasteiger partial charge in [0.05, 0.1) is 16.9 Å². The maximum atomic E-state index is 4.60. The van der Waals surface area contributed by atoms with E-state index in [4.69, 9.17) is 0 Å². The third-order valence-corrected chi connectivity index (χ3v) is 5.59. The molecule has 28 heavy (non-hydrogen) atoms. The number of hydrogen-bond donors (Lipinski definition) is 0. The van der Waals surface area contributed by atoms with Gasteiger partial charge in [0.1, 0.15) is 0 Å². The first-order valence-corrected chi connectivity index (χ1v) is 9.59. The predicted molar refractivity (Wildman–Crippen MR) is 110 cm³/mol. The minimum atomic E-state index is -0.411. The Labute approximate surface area is 165 Å². The molecule has 3 heteroatoms. The summed E-state index contributed by atoms with van der Waals surface area (Å²) in [7, 11) is 0. The largest absolute Gasteiger partial charge is 0.274 e. The lowest BCUT2D eigenvalue weighted by Gasteiger charge is -2.43. The third kappa shape index (κ3) is 2.63. The Morgan fingerprint density at radius 2 is 0.893 bits per heavy atom. The topological polar surface area (TPSA) is 29.0 Å². The van der Waals surface area contributed by atoms with E-state index in [1.165, 1.54) is 16.7 Å². The van der Waals surface area contributed by atoms with Crippen molar-refractivity contribution in [3.05, 3.63) is 131 Å². The number of rotatable bonds is 4. The van der Waals surface area contributed by atoms with Gasteiger partial charge in [-0.1, -0.05) is 91.0 Å². The lowest BCUT2D eigenvalue weighted by atomic mass is 9.75. The summed E-state index contributed by atoms with van der Waals surface area (Å²) >= 11 is 0. The zero-order chi connectivity index (χ0) is 18.8. The number of benzene rings is 3. The van der Waals surface area contributed by atoms with Crippen LogP contribution >= 0.6 is 0 Å². The molecule has 2 heterocycles. The van der Waals surface area contributed by atoms with Gasteiger partial charge < -0.3 is 0 Å². The van der Waals surface area contributed by atoms with Crippen molar-refractivity contribution in [1.82, 2.24) is 14.9 Å². The molecule has 136 valence electrons. The molecular formula is C25H21N3. The van der Waals surface area contributed by atoms with Crippen LogP contribution in [0.5, 0.6) is 0 Å². The van der Waals surface area contributed by atoms with Gasteiger partial charge in [-0.2, -0.15) is 0 Å². The van der Waals surface area contributed by atoms with Gasteiger partial charge in [-0.3, -0.25) is 14.9 Å². The fraction of sp³-hybridized carbons (Fsp3) is 0.120. The van der Waals surface area contributed by atoms with Crippen LogP contribution < -0.4 is 0 Å². The standard InChI is InChI=1S/C25H21N3/c1-4-10-20(11-5-1)25(21-12-6-2-7-13-21,22-14-8-3-9-15-22)28-18-23-24(19-28)27-17-16-26-23/h1-17H,18-19H2. The van der Waals surface area contributed by atoms with E-state index < -0.39 is 5.54 Å². The molecule has 0 amide bonds. The maximum Gasteiger partial charge on any atom is 0.0979 e. The summed E-state index contributed by atoms with van der Waals surface area (Å²) in [5.74, 6) is 0. The molecular weight excluding hydrogens is 342 g/mol. The maximum absolute atomic E-state index is 4.60. The van der Waals surface area contributed by atoms with E-state index >= 15 is 0 Å². The van der Waals surface area contributed by atoms with E-state index in [2.05, 4.69) is 106 Å². The predicted octanol–water partition coefficient (Wildman–Crippen LogP) is 4.78. The van der Waals surface area contributed by atoms with Gasteiger partial charge in [0.15, 0.2) is 0 Å². The van der Waals surface area contributed by atoms with Crippen LogP contribution in [0.15, 0.2) is 103 Å². The van der Waals surface area contributed by atoms with Crippen molar-refractivity contribution in [3.8, 4) is 0 Å². The molecule has 3 nitrogen and oxygen atoms in total. The van der Waals surface area contributed by atoms with Crippen LogP contribution in [0, 0.1) is 0 Å². The van der Waals surface area contributed by atoms with Crippen LogP contribution in [-0.4, -0.2) is 14.9 Å². The molecule has 0 N–H and O–H groups in total. The van der Waals surface area contributed by atoms with Crippen molar-refractivity contribution < 1.29 is 0 Å². The second-order valence-corrected chi connectivity index (χ2v) is 7.11. The van der Waals surface area contributed by atoms with E-state index in [1.807, 2.05) is 0 Å². The summed E-state index contributed by atoms with van der Waals surface area (Å²) in [6, 6.07) is 32.3. The normalized spacial score (nSPS) is 14.0. The molecule has 0 unspecified atom stereocenters. The van der Waals surface area contributed by atoms with Crippen LogP contribution in [0.3, 0.4) is 0 Å². The Kier molecular flexibility index (Phi) is 4.22. The highest BCUT2D eigenvalue weighted by atomic mass is 15.2. The summed E-state index contributed by atoms with van der Waals surface area (Å²) < 4.78 is 0. The number of fused-ring (bicyclic) bond motifs is 1. The first kappa shape index (κ1) is 16.8. The van der Waals surface area contributed by atoms with Crippen molar-refractivity contribution in [2.45, 2.75) is 18.6 Å². The molecule has 1 aromatic heterocycles. The fourth-order valence-corrected chi connectivity index (χ4v) is 4.40. The molecule has 4 aromatic rings. The molecule has 0 radical (unpaired) electrons. The molecule has 0 aliphatic carbocycles. The monoisotopic (exact) mass is 363 g/mol. The van der Waals surface area contributed by atoms with Gasteiger partial charge in [-0.05, 0) is 16.7 Å². The van der Waals surface area contributed by atoms with Crippen LogP contribution in [-0.2, 0) is 18.6 Å². The summed E-state index contributed by atoms with van der Waals surface area (Å²) in [4.78, 5) is 11.7. The van der Waals surface area contributed by atoms with Crippen molar-refractivity contribution >= 4 is 0 Å². The first-order valence-electron chi connectivity index (χ1n) is 9.59. The minimum absolute atomic E-state index is 0.411. The van der Waals surface area contributed by atoms with E-state index in [9.17, 15) is 0 Å². The van der Waals surface area contributed by atoms with Gasteiger partial charge in [-0.15, -0.1) is 0 Å². The van der Waals surface area contributed by atoms with Crippen LogP contribution in [0.4, 0.5) is 0 Å². The van der Waals surface area contributed by atoms with Gasteiger partial charge in [0.2, 0.25) is 0 Å². The Hall–Kier alpha value is -3.30. The Morgan fingerprint density at radius 3 is 1.25 bits per heavy atom. The van der Waals surface area contributed by atoms with Crippen molar-refractivity contribution in [3.63, 3.8) is 0 Å². The number of nitrogens with zero attached hydrogens (tertiary/aromatic N) is 3. The second-order valence-electron chi connectivity index (χ2n) is 7.11. The Morgan fingerprint density at radius 1 is 0.536 bits per heavy atom. The van der Waals surface area contributed by atoms with Crippen LogP contribution in [0.2, 0.25) is 0 Å². The Balaban J connectivity index is 1.79. The summed E-state index contributed by atoms with van der Waals surface area (Å²) in [6.07, 6.45) is 3.58. The summed E-state index contributed by atoms with van der Waals surface area (Å²) in [5, 5.41) is 0. The van der Waals surface area contributed by atoms with E-state index in [-0.39, 0.29) is 0 Å². The van der Waals surface area contributed by atoms with Crippen molar-refractivity contribution in [1.29, 1.82) is 0 Å². The number of hydrogen-bond acceptors (Lipinski definition) is 3. The summed E-state index contributed by atoms with van der Waals surface area (Å²) in [6.45, 7) is 1.53. The van der Waals surface area contributed by atoms with Gasteiger partial charge in [0.25, 0.3) is 0 Å². The molecule has 0 spiro atoms. The highest BCUT2D eigenvalue weighted by Gasteiger charge is 2.44. The third-order valence-electron chi connectivity index (χ3n) is 5.59. The molecule has 1 aliphatic heterocycles. The quantitative estimate of drug-likeness (QED) is 0.489. The minimum Gasteiger partial charge on any atom is -0.274 e. The average Bonchev–Trinajstić information content (AvgIpc) is 3.21. The van der Waals surface area contributed by atoms with Gasteiger partial charge in [0, 0.05) is 25.5 Å². The molecule has 5 rings (SSSR count). The summed E-state index contributed by atoms with van der Waals surface area (Å²) in [5.41, 5.74) is 5.47. The molecule has 0 saturated heterocycles. The average molecular weight is 363 g/mol. The van der Waals surface area contributed by atoms with Crippen molar-refractivity contribution in [2.24, 2.45) is 0 Å². The van der Waals surface area contributed by atoms with Crippen LogP contribution in [0.1, 0.15) is 28.1 Å². The second kappa shape index (κ2) is 7.02. The van der Waals surface area contributed by atoms with E-state index in [1.54, 1.807) is 12.4 Å². The highest BCUT2D eigenvalue weighted by molar-refractivity contribution is 5.50. The first-order chi connectivity index (χ1) is 13.9. The lowest BCUT2D eigenvalue weighted by Crippen LogP contribution is -2.45. The number of aromatic nitrogens is 2. The molecule has 1 aliphatic rings. The van der Waals surface area contributed by atoms with Gasteiger partial charge >= 0.3 is 0 Å². The van der Waals surface area contributed by atoms with E-state index in [0.717, 1.165) is 24.5 Å². The molecule has 0 bridgehead atoms. The SMILES string of the molecule is c1ccc(C(c2ccccc2)(c2ccccc2)N2Cc3nccnc3C2)cc1. The highest BCUT2D eigenvalue weighted by Crippen LogP contribution is 2.45. The smallest absolute Gasteiger partial charge is 0.0979 e. The van der Waals surface area contributed by atoms with Crippen LogP contribution in [0.25, 0.3) is 0 Å². The lowest BCUT2D eigenvalue weighted by molar-refractivity contribution is 0.155. The fourth-order valence-electron chi connectivity index (χ4n) is 4.40. The molecule has 3 aromatic carbocycles. The molecule has 0 fully saturated rings. The van der Waals surface area contributed by atoms with Crippen molar-refractivity contribution in [2.75, 3.05) is 0 Å². The zero-order valence-corrected chi connectivity index (χ0v) is 15.6. The zero-order valence-electron chi connectivity index (χ0n) is 15.6. The van der Waals surface area contributed by atoms with Gasteiger partial charge in [-0.25, -0.2) is 0 Å². The Bertz CT molecular complexity index is 941.